The van der Waals surface area contributed by atoms with E-state index in [1.807, 2.05) is 7.05 Å². The van der Waals surface area contributed by atoms with Gasteiger partial charge in [-0.2, -0.15) is 0 Å². The third kappa shape index (κ3) is 11.4. The zero-order valence-corrected chi connectivity index (χ0v) is 15.4. The van der Waals surface area contributed by atoms with Crippen molar-refractivity contribution in [1.82, 2.24) is 15.5 Å². The van der Waals surface area contributed by atoms with Crippen LogP contribution < -0.4 is 10.6 Å². The monoisotopic (exact) mass is 326 g/mol. The summed E-state index contributed by atoms with van der Waals surface area (Å²) < 4.78 is 5.56. The Morgan fingerprint density at radius 2 is 1.61 bits per heavy atom. The first kappa shape index (κ1) is 20.2. The van der Waals surface area contributed by atoms with Crippen molar-refractivity contribution >= 4 is 5.96 Å². The van der Waals surface area contributed by atoms with E-state index < -0.39 is 0 Å². The molecule has 0 saturated carbocycles. The number of guanidine groups is 1. The number of nitrogens with zero attached hydrogens (tertiary/aromatic N) is 2. The summed E-state index contributed by atoms with van der Waals surface area (Å²) in [6.07, 6.45) is 10.1. The van der Waals surface area contributed by atoms with Crippen molar-refractivity contribution in [3.8, 4) is 0 Å². The van der Waals surface area contributed by atoms with E-state index in [9.17, 15) is 0 Å². The topological polar surface area (TPSA) is 48.9 Å². The molecule has 0 atom stereocenters. The summed E-state index contributed by atoms with van der Waals surface area (Å²) in [5.74, 6) is 0.912. The largest absolute Gasteiger partial charge is 0.381 e. The molecule has 0 aromatic carbocycles. The van der Waals surface area contributed by atoms with Crippen LogP contribution in [0.4, 0.5) is 0 Å². The van der Waals surface area contributed by atoms with Crippen LogP contribution in [0.1, 0.15) is 58.3 Å². The van der Waals surface area contributed by atoms with Gasteiger partial charge in [0.2, 0.25) is 0 Å². The summed E-state index contributed by atoms with van der Waals surface area (Å²) in [6, 6.07) is 0. The van der Waals surface area contributed by atoms with Gasteiger partial charge >= 0.3 is 0 Å². The summed E-state index contributed by atoms with van der Waals surface area (Å²) in [5.41, 5.74) is 0. The highest BCUT2D eigenvalue weighted by Gasteiger charge is 2.08. The molecule has 1 heterocycles. The van der Waals surface area contributed by atoms with Crippen molar-refractivity contribution in [2.45, 2.75) is 58.3 Å². The predicted octanol–water partition coefficient (Wildman–Crippen LogP) is 2.62. The second-order valence-electron chi connectivity index (χ2n) is 6.35. The zero-order chi connectivity index (χ0) is 16.6. The number of nitrogens with one attached hydrogen (secondary N) is 2. The molecule has 1 aliphatic heterocycles. The number of hydrogen-bond donors (Lipinski definition) is 2. The third-order valence-corrected chi connectivity index (χ3v) is 4.27. The Labute approximate surface area is 143 Å². The van der Waals surface area contributed by atoms with Gasteiger partial charge in [-0.3, -0.25) is 4.99 Å². The third-order valence-electron chi connectivity index (χ3n) is 4.27. The SMILES string of the molecule is CCCCOCCCNC(=NC)NCCCN1CCCCCC1. The van der Waals surface area contributed by atoms with E-state index in [0.29, 0.717) is 0 Å². The molecule has 1 fully saturated rings. The first-order valence-electron chi connectivity index (χ1n) is 9.61. The average molecular weight is 327 g/mol. The molecule has 0 aromatic rings. The molecule has 0 aromatic heterocycles. The molecule has 5 nitrogen and oxygen atoms in total. The quantitative estimate of drug-likeness (QED) is 0.348. The molecule has 0 amide bonds. The first-order chi connectivity index (χ1) is 11.4. The molecule has 0 aliphatic carbocycles. The van der Waals surface area contributed by atoms with E-state index >= 15 is 0 Å². The van der Waals surface area contributed by atoms with Gasteiger partial charge in [0.05, 0.1) is 0 Å². The minimum atomic E-state index is 0.832. The van der Waals surface area contributed by atoms with Crippen LogP contribution in [0.15, 0.2) is 4.99 Å². The maximum absolute atomic E-state index is 5.56. The van der Waals surface area contributed by atoms with Gasteiger partial charge in [-0.05, 0) is 51.7 Å². The van der Waals surface area contributed by atoms with Crippen LogP contribution in [0, 0.1) is 0 Å². The Morgan fingerprint density at radius 1 is 0.957 bits per heavy atom. The molecule has 0 bridgehead atoms. The average Bonchev–Trinajstić information content (AvgIpc) is 2.84. The van der Waals surface area contributed by atoms with E-state index in [-0.39, 0.29) is 0 Å². The van der Waals surface area contributed by atoms with Gasteiger partial charge in [0.25, 0.3) is 0 Å². The minimum absolute atomic E-state index is 0.832. The maximum Gasteiger partial charge on any atom is 0.190 e. The smallest absolute Gasteiger partial charge is 0.190 e. The number of unbranched alkanes of at least 4 members (excludes halogenated alkanes) is 1. The Bertz CT molecular complexity index is 289. The second kappa shape index (κ2) is 14.8. The Hall–Kier alpha value is -0.810. The first-order valence-corrected chi connectivity index (χ1v) is 9.61. The van der Waals surface area contributed by atoms with E-state index in [0.717, 1.165) is 45.1 Å². The molecule has 1 rings (SSSR count). The molecule has 2 N–H and O–H groups in total. The van der Waals surface area contributed by atoms with Gasteiger partial charge < -0.3 is 20.3 Å². The van der Waals surface area contributed by atoms with Crippen LogP contribution in [-0.2, 0) is 4.74 Å². The van der Waals surface area contributed by atoms with Gasteiger partial charge in [0, 0.05) is 33.4 Å². The number of likely N-dealkylation sites (tertiary alicyclic amines) is 1. The van der Waals surface area contributed by atoms with Crippen molar-refractivity contribution in [1.29, 1.82) is 0 Å². The fourth-order valence-corrected chi connectivity index (χ4v) is 2.82. The number of hydrogen-bond acceptors (Lipinski definition) is 3. The van der Waals surface area contributed by atoms with E-state index in [1.165, 1.54) is 58.2 Å². The van der Waals surface area contributed by atoms with E-state index in [1.54, 1.807) is 0 Å². The van der Waals surface area contributed by atoms with Crippen molar-refractivity contribution in [2.24, 2.45) is 4.99 Å². The van der Waals surface area contributed by atoms with Crippen molar-refractivity contribution in [3.05, 3.63) is 0 Å². The van der Waals surface area contributed by atoms with Crippen molar-refractivity contribution in [3.63, 3.8) is 0 Å². The summed E-state index contributed by atoms with van der Waals surface area (Å²) in [5, 5.41) is 6.76. The molecule has 23 heavy (non-hydrogen) atoms. The Morgan fingerprint density at radius 3 is 2.26 bits per heavy atom. The standard InChI is InChI=1S/C18H38N4O/c1-3-4-16-23-17-10-12-21-18(19-2)20-11-9-15-22-13-7-5-6-8-14-22/h3-17H2,1-2H3,(H2,19,20,21). The lowest BCUT2D eigenvalue weighted by molar-refractivity contribution is 0.129. The summed E-state index contributed by atoms with van der Waals surface area (Å²) >= 11 is 0. The number of rotatable bonds is 11. The van der Waals surface area contributed by atoms with Crippen LogP contribution in [0.25, 0.3) is 0 Å². The maximum atomic E-state index is 5.56. The molecule has 5 heteroatoms. The van der Waals surface area contributed by atoms with Crippen molar-refractivity contribution in [2.75, 3.05) is 53.0 Å². The van der Waals surface area contributed by atoms with Gasteiger partial charge in [-0.1, -0.05) is 26.2 Å². The summed E-state index contributed by atoms with van der Waals surface area (Å²) in [7, 11) is 1.84. The van der Waals surface area contributed by atoms with E-state index in [2.05, 4.69) is 27.4 Å². The lowest BCUT2D eigenvalue weighted by atomic mass is 10.2. The van der Waals surface area contributed by atoms with Crippen molar-refractivity contribution < 1.29 is 4.74 Å². The fourth-order valence-electron chi connectivity index (χ4n) is 2.82. The molecular weight excluding hydrogens is 288 g/mol. The Balaban J connectivity index is 1.96. The van der Waals surface area contributed by atoms with E-state index in [4.69, 9.17) is 4.74 Å². The van der Waals surface area contributed by atoms with Gasteiger partial charge in [0.1, 0.15) is 0 Å². The van der Waals surface area contributed by atoms with Crippen LogP contribution in [0.3, 0.4) is 0 Å². The van der Waals surface area contributed by atoms with Crippen LogP contribution in [-0.4, -0.2) is 63.8 Å². The predicted molar refractivity (Wildman–Crippen MR) is 99.2 cm³/mol. The normalized spacial score (nSPS) is 17.0. The highest BCUT2D eigenvalue weighted by molar-refractivity contribution is 5.79. The molecule has 1 saturated heterocycles. The lowest BCUT2D eigenvalue weighted by Crippen LogP contribution is -2.39. The second-order valence-corrected chi connectivity index (χ2v) is 6.35. The molecule has 0 radical (unpaired) electrons. The summed E-state index contributed by atoms with van der Waals surface area (Å²) in [6.45, 7) is 9.58. The minimum Gasteiger partial charge on any atom is -0.381 e. The number of ether oxygens (including phenoxy) is 1. The fraction of sp³-hybridized carbons (Fsp3) is 0.944. The van der Waals surface area contributed by atoms with Gasteiger partial charge in [-0.15, -0.1) is 0 Å². The molecule has 136 valence electrons. The van der Waals surface area contributed by atoms with Gasteiger partial charge in [0.15, 0.2) is 5.96 Å². The number of aliphatic imine (C=N–C) groups is 1. The highest BCUT2D eigenvalue weighted by atomic mass is 16.5. The highest BCUT2D eigenvalue weighted by Crippen LogP contribution is 2.09. The molecule has 1 aliphatic rings. The summed E-state index contributed by atoms with van der Waals surface area (Å²) in [4.78, 5) is 6.88. The Kier molecular flexibility index (Phi) is 13.0. The van der Waals surface area contributed by atoms with Gasteiger partial charge in [-0.25, -0.2) is 0 Å². The molecule has 0 unspecified atom stereocenters. The molecular formula is C18H38N4O. The lowest BCUT2D eigenvalue weighted by Gasteiger charge is -2.20. The zero-order valence-electron chi connectivity index (χ0n) is 15.4. The molecule has 0 spiro atoms. The van der Waals surface area contributed by atoms with Crippen LogP contribution in [0.2, 0.25) is 0 Å². The van der Waals surface area contributed by atoms with Crippen LogP contribution >= 0.6 is 0 Å². The van der Waals surface area contributed by atoms with Crippen LogP contribution in [0.5, 0.6) is 0 Å².